The number of ether oxygens (including phenoxy) is 1. The van der Waals surface area contributed by atoms with E-state index in [0.717, 1.165) is 0 Å². The van der Waals surface area contributed by atoms with Crippen molar-refractivity contribution in [2.24, 2.45) is 0 Å². The van der Waals surface area contributed by atoms with Crippen LogP contribution in [0, 0.1) is 0 Å². The van der Waals surface area contributed by atoms with Crippen molar-refractivity contribution in [2.75, 3.05) is 0 Å². The molecule has 2 atom stereocenters. The Balaban J connectivity index is 2.08. The van der Waals surface area contributed by atoms with Gasteiger partial charge in [-0.05, 0) is 13.0 Å². The third-order valence-electron chi connectivity index (χ3n) is 4.00. The number of carbonyl (C=O) groups is 3. The summed E-state index contributed by atoms with van der Waals surface area (Å²) in [6, 6.07) is 4.35. The number of carboxylic acid groups (broad SMARTS) is 1. The lowest BCUT2D eigenvalue weighted by Crippen LogP contribution is -2.38. The van der Waals surface area contributed by atoms with Crippen molar-refractivity contribution < 1.29 is 29.3 Å². The van der Waals surface area contributed by atoms with Crippen LogP contribution in [0.15, 0.2) is 29.3 Å². The molecule has 1 heterocycles. The zero-order valence-corrected chi connectivity index (χ0v) is 11.8. The van der Waals surface area contributed by atoms with E-state index in [9.17, 15) is 19.5 Å². The third kappa shape index (κ3) is 2.12. The fourth-order valence-electron chi connectivity index (χ4n) is 3.10. The largest absolute Gasteiger partial charge is 0.507 e. The summed E-state index contributed by atoms with van der Waals surface area (Å²) in [5.41, 5.74) is 0.680. The van der Waals surface area contributed by atoms with E-state index in [2.05, 4.69) is 0 Å². The zero-order valence-electron chi connectivity index (χ0n) is 11.8. The number of ketones is 2. The van der Waals surface area contributed by atoms with Gasteiger partial charge in [0.25, 0.3) is 0 Å². The summed E-state index contributed by atoms with van der Waals surface area (Å²) in [7, 11) is 0. The van der Waals surface area contributed by atoms with Gasteiger partial charge < -0.3 is 14.9 Å². The third-order valence-corrected chi connectivity index (χ3v) is 4.00. The average Bonchev–Trinajstić information content (AvgIpc) is 2.43. The average molecular weight is 302 g/mol. The van der Waals surface area contributed by atoms with Gasteiger partial charge in [-0.3, -0.25) is 14.4 Å². The summed E-state index contributed by atoms with van der Waals surface area (Å²) in [4.78, 5) is 36.0. The first-order valence-corrected chi connectivity index (χ1v) is 6.91. The van der Waals surface area contributed by atoms with Gasteiger partial charge in [0.05, 0.1) is 24.2 Å². The van der Waals surface area contributed by atoms with E-state index in [0.29, 0.717) is 5.57 Å². The van der Waals surface area contributed by atoms with Gasteiger partial charge in [-0.2, -0.15) is 0 Å². The van der Waals surface area contributed by atoms with Crippen molar-refractivity contribution in [3.63, 3.8) is 0 Å². The quantitative estimate of drug-likeness (QED) is 0.862. The van der Waals surface area contributed by atoms with Gasteiger partial charge >= 0.3 is 5.97 Å². The van der Waals surface area contributed by atoms with Crippen LogP contribution in [0.5, 0.6) is 5.75 Å². The SMILES string of the molecule is CC1OC(CC(=O)O)CC2=C1C(=O)c1c(O)cccc1C2=O. The first-order valence-electron chi connectivity index (χ1n) is 6.91. The fraction of sp³-hybridized carbons (Fsp3) is 0.312. The van der Waals surface area contributed by atoms with Crippen molar-refractivity contribution in [1.82, 2.24) is 0 Å². The van der Waals surface area contributed by atoms with E-state index in [1.165, 1.54) is 18.2 Å². The molecule has 6 nitrogen and oxygen atoms in total. The van der Waals surface area contributed by atoms with Crippen LogP contribution in [0.4, 0.5) is 0 Å². The first kappa shape index (κ1) is 14.5. The molecule has 0 bridgehead atoms. The Morgan fingerprint density at radius 3 is 2.73 bits per heavy atom. The Morgan fingerprint density at radius 1 is 1.32 bits per heavy atom. The van der Waals surface area contributed by atoms with Crippen molar-refractivity contribution >= 4 is 17.5 Å². The standard InChI is InChI=1S/C16H14O6/c1-7-13-10(5-8(22-7)6-12(18)19)15(20)9-3-2-4-11(17)14(9)16(13)21/h2-4,7-8,17H,5-6H2,1H3,(H,18,19). The van der Waals surface area contributed by atoms with Crippen LogP contribution in [0.25, 0.3) is 0 Å². The lowest BCUT2D eigenvalue weighted by Gasteiger charge is -2.33. The molecule has 0 saturated heterocycles. The van der Waals surface area contributed by atoms with Crippen LogP contribution in [-0.4, -0.2) is 40.0 Å². The molecule has 1 aromatic rings. The van der Waals surface area contributed by atoms with E-state index in [4.69, 9.17) is 9.84 Å². The maximum atomic E-state index is 12.6. The number of hydrogen-bond acceptors (Lipinski definition) is 5. The smallest absolute Gasteiger partial charge is 0.305 e. The summed E-state index contributed by atoms with van der Waals surface area (Å²) < 4.78 is 5.55. The maximum absolute atomic E-state index is 12.6. The predicted octanol–water partition coefficient (Wildman–Crippen LogP) is 1.72. The van der Waals surface area contributed by atoms with Gasteiger partial charge in [-0.15, -0.1) is 0 Å². The molecule has 3 rings (SSSR count). The molecule has 0 amide bonds. The zero-order chi connectivity index (χ0) is 16.0. The normalized spacial score (nSPS) is 24.0. The molecule has 2 N–H and O–H groups in total. The highest BCUT2D eigenvalue weighted by molar-refractivity contribution is 6.28. The van der Waals surface area contributed by atoms with Crippen LogP contribution >= 0.6 is 0 Å². The lowest BCUT2D eigenvalue weighted by atomic mass is 9.78. The van der Waals surface area contributed by atoms with Gasteiger partial charge in [0.2, 0.25) is 0 Å². The molecule has 1 aliphatic carbocycles. The predicted molar refractivity (Wildman–Crippen MR) is 75.0 cm³/mol. The molecule has 0 spiro atoms. The van der Waals surface area contributed by atoms with Crippen molar-refractivity contribution in [3.05, 3.63) is 40.5 Å². The second-order valence-electron chi connectivity index (χ2n) is 5.45. The molecule has 6 heteroatoms. The molecule has 114 valence electrons. The number of carboxylic acids is 1. The number of aliphatic carboxylic acids is 1. The van der Waals surface area contributed by atoms with Crippen LogP contribution in [0.3, 0.4) is 0 Å². The van der Waals surface area contributed by atoms with Crippen LogP contribution in [0.2, 0.25) is 0 Å². The van der Waals surface area contributed by atoms with E-state index in [1.807, 2.05) is 0 Å². The maximum Gasteiger partial charge on any atom is 0.305 e. The van der Waals surface area contributed by atoms with Crippen LogP contribution in [-0.2, 0) is 9.53 Å². The monoisotopic (exact) mass is 302 g/mol. The van der Waals surface area contributed by atoms with Crippen molar-refractivity contribution in [3.8, 4) is 5.75 Å². The van der Waals surface area contributed by atoms with E-state index >= 15 is 0 Å². The number of Topliss-reactive ketones (excluding diaryl/α,β-unsaturated/α-hetero) is 2. The molecule has 1 aliphatic heterocycles. The lowest BCUT2D eigenvalue weighted by molar-refractivity contribution is -0.141. The minimum Gasteiger partial charge on any atom is -0.507 e. The van der Waals surface area contributed by atoms with Gasteiger partial charge in [-0.25, -0.2) is 0 Å². The van der Waals surface area contributed by atoms with Gasteiger partial charge in [0.15, 0.2) is 11.6 Å². The number of aromatic hydroxyl groups is 1. The first-order chi connectivity index (χ1) is 10.4. The Bertz CT molecular complexity index is 730. The second kappa shape index (κ2) is 5.06. The Morgan fingerprint density at radius 2 is 2.05 bits per heavy atom. The second-order valence-corrected chi connectivity index (χ2v) is 5.45. The molecular formula is C16H14O6. The van der Waals surface area contributed by atoms with Gasteiger partial charge in [0.1, 0.15) is 5.75 Å². The number of carbonyl (C=O) groups excluding carboxylic acids is 2. The Kier molecular flexibility index (Phi) is 3.33. The molecule has 0 saturated carbocycles. The molecule has 2 unspecified atom stereocenters. The Labute approximate surface area is 126 Å². The summed E-state index contributed by atoms with van der Waals surface area (Å²) >= 11 is 0. The summed E-state index contributed by atoms with van der Waals surface area (Å²) in [5, 5.41) is 18.8. The number of phenolic OH excluding ortho intramolecular Hbond substituents is 1. The number of phenols is 1. The van der Waals surface area contributed by atoms with Crippen molar-refractivity contribution in [2.45, 2.75) is 32.0 Å². The highest BCUT2D eigenvalue weighted by Gasteiger charge is 2.41. The highest BCUT2D eigenvalue weighted by atomic mass is 16.5. The number of fused-ring (bicyclic) bond motifs is 1. The highest BCUT2D eigenvalue weighted by Crippen LogP contribution is 2.39. The minimum atomic E-state index is -1.02. The van der Waals surface area contributed by atoms with Gasteiger partial charge in [-0.1, -0.05) is 12.1 Å². The molecule has 0 aromatic heterocycles. The molecule has 0 fully saturated rings. The Hall–Kier alpha value is -2.47. The molecule has 1 aromatic carbocycles. The van der Waals surface area contributed by atoms with Crippen LogP contribution in [0.1, 0.15) is 40.5 Å². The number of hydrogen-bond donors (Lipinski definition) is 2. The topological polar surface area (TPSA) is 101 Å². The van der Waals surface area contributed by atoms with E-state index < -0.39 is 24.0 Å². The summed E-state index contributed by atoms with van der Waals surface area (Å²) in [6.07, 6.45) is -1.46. The molecular weight excluding hydrogens is 288 g/mol. The van der Waals surface area contributed by atoms with Gasteiger partial charge in [0, 0.05) is 23.1 Å². The summed E-state index contributed by atoms with van der Waals surface area (Å²) in [6.45, 7) is 1.61. The minimum absolute atomic E-state index is 0.00150. The fourth-order valence-corrected chi connectivity index (χ4v) is 3.10. The van der Waals surface area contributed by atoms with Crippen LogP contribution < -0.4 is 0 Å². The molecule has 22 heavy (non-hydrogen) atoms. The van der Waals surface area contributed by atoms with E-state index in [1.54, 1.807) is 6.92 Å². The molecule has 0 radical (unpaired) electrons. The summed E-state index contributed by atoms with van der Waals surface area (Å²) in [5.74, 6) is -2.02. The van der Waals surface area contributed by atoms with E-state index in [-0.39, 0.29) is 41.1 Å². The number of benzene rings is 1. The number of rotatable bonds is 2. The molecule has 2 aliphatic rings. The van der Waals surface area contributed by atoms with Crippen molar-refractivity contribution in [1.29, 1.82) is 0 Å².